The van der Waals surface area contributed by atoms with Gasteiger partial charge >= 0.3 is 11.9 Å². The zero-order valence-corrected chi connectivity index (χ0v) is 13.1. The van der Waals surface area contributed by atoms with Gasteiger partial charge in [-0.05, 0) is 49.9 Å². The summed E-state index contributed by atoms with van der Waals surface area (Å²) in [5, 5.41) is 0. The molecule has 1 aromatic carbocycles. The quantitative estimate of drug-likeness (QED) is 0.633. The van der Waals surface area contributed by atoms with Crippen molar-refractivity contribution in [2.75, 3.05) is 7.11 Å². The molecule has 1 unspecified atom stereocenters. The van der Waals surface area contributed by atoms with Gasteiger partial charge in [0.15, 0.2) is 0 Å². The molecule has 0 aliphatic heterocycles. The highest BCUT2D eigenvalue weighted by atomic mass is 16.5. The van der Waals surface area contributed by atoms with Crippen LogP contribution >= 0.6 is 0 Å². The summed E-state index contributed by atoms with van der Waals surface area (Å²) in [5.74, 6) is -0.110. The molecule has 2 aliphatic carbocycles. The van der Waals surface area contributed by atoms with Crippen molar-refractivity contribution in [3.63, 3.8) is 0 Å². The summed E-state index contributed by atoms with van der Waals surface area (Å²) in [5.41, 5.74) is 0.407. The van der Waals surface area contributed by atoms with E-state index in [4.69, 9.17) is 4.74 Å². The number of methoxy groups -OCH3 is 1. The highest BCUT2D eigenvalue weighted by Crippen LogP contribution is 2.40. The third-order valence-electron chi connectivity index (χ3n) is 4.88. The first kappa shape index (κ1) is 15.7. The van der Waals surface area contributed by atoms with Gasteiger partial charge < -0.3 is 9.47 Å². The summed E-state index contributed by atoms with van der Waals surface area (Å²) in [6.07, 6.45) is 4.08. The lowest BCUT2D eigenvalue weighted by Crippen LogP contribution is -2.40. The zero-order chi connectivity index (χ0) is 16.4. The fraction of sp³-hybridized carbons (Fsp3) is 0.500. The predicted molar refractivity (Wildman–Crippen MR) is 82.0 cm³/mol. The van der Waals surface area contributed by atoms with Crippen molar-refractivity contribution in [2.45, 2.75) is 32.1 Å². The molecule has 3 atom stereocenters. The van der Waals surface area contributed by atoms with Gasteiger partial charge in [-0.2, -0.15) is 0 Å². The Morgan fingerprint density at radius 3 is 2.22 bits per heavy atom. The second kappa shape index (κ2) is 6.52. The molecule has 2 saturated carbocycles. The molecule has 2 aliphatic rings. The van der Waals surface area contributed by atoms with Crippen LogP contribution in [0.25, 0.3) is 0 Å². The second-order valence-corrected chi connectivity index (χ2v) is 6.33. The SMILES string of the molecule is COC(=O)c1ccc(OC(=O)C2C[C@H]3CCC[C@@H](C2)C3=O)cc1. The van der Waals surface area contributed by atoms with E-state index in [2.05, 4.69) is 4.74 Å². The normalized spacial score (nSPS) is 26.5. The van der Waals surface area contributed by atoms with Crippen LogP contribution in [0.4, 0.5) is 0 Å². The molecule has 0 N–H and O–H groups in total. The number of benzene rings is 1. The number of ether oxygens (including phenoxy) is 2. The van der Waals surface area contributed by atoms with Crippen molar-refractivity contribution in [3.8, 4) is 5.75 Å². The van der Waals surface area contributed by atoms with E-state index >= 15 is 0 Å². The number of rotatable bonds is 3. The number of carbonyl (C=O) groups excluding carboxylic acids is 3. The predicted octanol–water partition coefficient (Wildman–Crippen LogP) is 2.77. The summed E-state index contributed by atoms with van der Waals surface area (Å²) in [7, 11) is 1.32. The van der Waals surface area contributed by atoms with Gasteiger partial charge in [-0.3, -0.25) is 9.59 Å². The fourth-order valence-electron chi connectivity index (χ4n) is 3.65. The van der Waals surface area contributed by atoms with Gasteiger partial charge in [0.1, 0.15) is 11.5 Å². The van der Waals surface area contributed by atoms with E-state index < -0.39 is 5.97 Å². The van der Waals surface area contributed by atoms with E-state index in [0.29, 0.717) is 29.9 Å². The van der Waals surface area contributed by atoms with Crippen molar-refractivity contribution in [1.82, 2.24) is 0 Å². The van der Waals surface area contributed by atoms with Gasteiger partial charge in [0.05, 0.1) is 18.6 Å². The number of carbonyl (C=O) groups is 3. The van der Waals surface area contributed by atoms with Gasteiger partial charge in [-0.25, -0.2) is 4.79 Å². The smallest absolute Gasteiger partial charge is 0.337 e. The topological polar surface area (TPSA) is 69.7 Å². The van der Waals surface area contributed by atoms with E-state index in [-0.39, 0.29) is 23.7 Å². The number of fused-ring (bicyclic) bond motifs is 2. The maximum absolute atomic E-state index is 12.4. The van der Waals surface area contributed by atoms with E-state index in [1.165, 1.54) is 7.11 Å². The van der Waals surface area contributed by atoms with Crippen molar-refractivity contribution >= 4 is 17.7 Å². The molecule has 5 heteroatoms. The standard InChI is InChI=1S/C18H20O5/c1-22-17(20)11-5-7-15(8-6-11)23-18(21)14-9-12-3-2-4-13(10-14)16(12)19/h5-8,12-14H,2-4,9-10H2,1H3/t12-,13+,14?. The summed E-state index contributed by atoms with van der Waals surface area (Å²) >= 11 is 0. The second-order valence-electron chi connectivity index (χ2n) is 6.33. The van der Waals surface area contributed by atoms with Gasteiger partial charge in [-0.1, -0.05) is 6.42 Å². The first-order valence-corrected chi connectivity index (χ1v) is 8.02. The molecule has 0 heterocycles. The lowest BCUT2D eigenvalue weighted by atomic mass is 9.67. The monoisotopic (exact) mass is 316 g/mol. The zero-order valence-electron chi connectivity index (χ0n) is 13.1. The average molecular weight is 316 g/mol. The van der Waals surface area contributed by atoms with Crippen LogP contribution in [0.3, 0.4) is 0 Å². The Bertz CT molecular complexity index is 603. The summed E-state index contributed by atoms with van der Waals surface area (Å²) in [6.45, 7) is 0. The van der Waals surface area contributed by atoms with E-state index in [9.17, 15) is 14.4 Å². The van der Waals surface area contributed by atoms with E-state index in [1.54, 1.807) is 24.3 Å². The molecule has 0 spiro atoms. The van der Waals surface area contributed by atoms with Crippen molar-refractivity contribution < 1.29 is 23.9 Å². The number of hydrogen-bond donors (Lipinski definition) is 0. The lowest BCUT2D eigenvalue weighted by Gasteiger charge is -2.36. The summed E-state index contributed by atoms with van der Waals surface area (Å²) in [4.78, 5) is 35.8. The molecule has 2 bridgehead atoms. The van der Waals surface area contributed by atoms with E-state index in [1.807, 2.05) is 0 Å². The highest BCUT2D eigenvalue weighted by molar-refractivity contribution is 5.90. The minimum absolute atomic E-state index is 0.0294. The third kappa shape index (κ3) is 3.28. The summed E-state index contributed by atoms with van der Waals surface area (Å²) in [6, 6.07) is 6.29. The number of hydrogen-bond acceptors (Lipinski definition) is 5. The van der Waals surface area contributed by atoms with Crippen LogP contribution in [-0.2, 0) is 14.3 Å². The van der Waals surface area contributed by atoms with Crippen LogP contribution in [0, 0.1) is 17.8 Å². The first-order chi connectivity index (χ1) is 11.1. The number of Topliss-reactive ketones (excluding diaryl/α,β-unsaturated/α-hetero) is 1. The van der Waals surface area contributed by atoms with Gasteiger partial charge in [0, 0.05) is 11.8 Å². The Morgan fingerprint density at radius 2 is 1.65 bits per heavy atom. The molecule has 1 aromatic rings. The van der Waals surface area contributed by atoms with Crippen molar-refractivity contribution in [3.05, 3.63) is 29.8 Å². The molecular weight excluding hydrogens is 296 g/mol. The maximum atomic E-state index is 12.4. The molecule has 0 aromatic heterocycles. The molecule has 0 radical (unpaired) electrons. The maximum Gasteiger partial charge on any atom is 0.337 e. The Hall–Kier alpha value is -2.17. The van der Waals surface area contributed by atoms with Crippen LogP contribution in [0.15, 0.2) is 24.3 Å². The first-order valence-electron chi connectivity index (χ1n) is 8.02. The average Bonchev–Trinajstić information content (AvgIpc) is 2.54. The minimum Gasteiger partial charge on any atom is -0.465 e. The molecule has 0 amide bonds. The van der Waals surface area contributed by atoms with E-state index in [0.717, 1.165) is 19.3 Å². The fourth-order valence-corrected chi connectivity index (χ4v) is 3.65. The molecule has 0 saturated heterocycles. The number of esters is 2. The molecular formula is C18H20O5. The van der Waals surface area contributed by atoms with Crippen LogP contribution in [0.1, 0.15) is 42.5 Å². The molecule has 23 heavy (non-hydrogen) atoms. The Morgan fingerprint density at radius 1 is 1.04 bits per heavy atom. The molecule has 5 nitrogen and oxygen atoms in total. The number of ketones is 1. The Labute approximate surface area is 135 Å². The molecule has 2 fully saturated rings. The Balaban J connectivity index is 1.63. The van der Waals surface area contributed by atoms with Crippen molar-refractivity contribution in [1.29, 1.82) is 0 Å². The molecule has 122 valence electrons. The Kier molecular flexibility index (Phi) is 4.46. The highest BCUT2D eigenvalue weighted by Gasteiger charge is 2.41. The van der Waals surface area contributed by atoms with Crippen molar-refractivity contribution in [2.24, 2.45) is 17.8 Å². The molecule has 3 rings (SSSR count). The largest absolute Gasteiger partial charge is 0.465 e. The van der Waals surface area contributed by atoms with Gasteiger partial charge in [-0.15, -0.1) is 0 Å². The van der Waals surface area contributed by atoms with Crippen LogP contribution in [-0.4, -0.2) is 24.8 Å². The van der Waals surface area contributed by atoms with Crippen LogP contribution in [0.5, 0.6) is 5.75 Å². The van der Waals surface area contributed by atoms with Gasteiger partial charge in [0.25, 0.3) is 0 Å². The van der Waals surface area contributed by atoms with Crippen LogP contribution in [0.2, 0.25) is 0 Å². The lowest BCUT2D eigenvalue weighted by molar-refractivity contribution is -0.145. The van der Waals surface area contributed by atoms with Gasteiger partial charge in [0.2, 0.25) is 0 Å². The minimum atomic E-state index is -0.429. The van der Waals surface area contributed by atoms with Crippen LogP contribution < -0.4 is 4.74 Å². The third-order valence-corrected chi connectivity index (χ3v) is 4.88. The summed E-state index contributed by atoms with van der Waals surface area (Å²) < 4.78 is 10.0.